The maximum Gasteiger partial charge on any atom is 0.223 e. The van der Waals surface area contributed by atoms with Crippen molar-refractivity contribution in [2.45, 2.75) is 70.4 Å². The van der Waals surface area contributed by atoms with Crippen LogP contribution in [0, 0.1) is 5.92 Å². The third kappa shape index (κ3) is 3.01. The fourth-order valence-electron chi connectivity index (χ4n) is 3.40. The minimum absolute atomic E-state index is 0.173. The van der Waals surface area contributed by atoms with E-state index < -0.39 is 0 Å². The van der Waals surface area contributed by atoms with Crippen molar-refractivity contribution in [3.05, 3.63) is 0 Å². The van der Waals surface area contributed by atoms with Gasteiger partial charge in [-0.2, -0.15) is 0 Å². The predicted octanol–water partition coefficient (Wildman–Crippen LogP) is 2.33. The lowest BCUT2D eigenvalue weighted by molar-refractivity contribution is -0.142. The van der Waals surface area contributed by atoms with Gasteiger partial charge in [-0.1, -0.05) is 12.8 Å². The van der Waals surface area contributed by atoms with Crippen molar-refractivity contribution < 1.29 is 9.90 Å². The van der Waals surface area contributed by atoms with Gasteiger partial charge >= 0.3 is 0 Å². The lowest BCUT2D eigenvalue weighted by atomic mass is 9.87. The molecule has 1 amide bonds. The van der Waals surface area contributed by atoms with Crippen LogP contribution in [0.1, 0.15) is 58.8 Å². The highest BCUT2D eigenvalue weighted by atomic mass is 16.3. The van der Waals surface area contributed by atoms with E-state index in [0.717, 1.165) is 19.4 Å². The first kappa shape index (κ1) is 12.9. The van der Waals surface area contributed by atoms with E-state index in [1.54, 1.807) is 0 Å². The van der Waals surface area contributed by atoms with Crippen molar-refractivity contribution in [1.29, 1.82) is 0 Å². The molecule has 0 bridgehead atoms. The Balaban J connectivity index is 1.93. The van der Waals surface area contributed by atoms with Gasteiger partial charge in [-0.25, -0.2) is 0 Å². The van der Waals surface area contributed by atoms with Crippen LogP contribution in [0.5, 0.6) is 0 Å². The van der Waals surface area contributed by atoms with E-state index in [0.29, 0.717) is 18.2 Å². The van der Waals surface area contributed by atoms with Crippen molar-refractivity contribution in [3.63, 3.8) is 0 Å². The molecule has 1 N–H and O–H groups in total. The molecular formula is C14H25NO2. The highest BCUT2D eigenvalue weighted by molar-refractivity contribution is 5.77. The molecule has 1 aliphatic heterocycles. The second kappa shape index (κ2) is 4.97. The molecule has 0 aromatic rings. The molecule has 0 aromatic heterocycles. The van der Waals surface area contributed by atoms with Crippen molar-refractivity contribution in [1.82, 2.24) is 4.90 Å². The lowest BCUT2D eigenvalue weighted by Crippen LogP contribution is -2.54. The Kier molecular flexibility index (Phi) is 3.76. The summed E-state index contributed by atoms with van der Waals surface area (Å²) < 4.78 is 0. The predicted molar refractivity (Wildman–Crippen MR) is 67.6 cm³/mol. The number of hydrogen-bond donors (Lipinski definition) is 1. The third-order valence-electron chi connectivity index (χ3n) is 4.39. The summed E-state index contributed by atoms with van der Waals surface area (Å²) in [5.74, 6) is 0.916. The smallest absolute Gasteiger partial charge is 0.223 e. The van der Waals surface area contributed by atoms with Gasteiger partial charge < -0.3 is 10.0 Å². The molecule has 0 radical (unpaired) electrons. The van der Waals surface area contributed by atoms with E-state index in [4.69, 9.17) is 0 Å². The largest absolute Gasteiger partial charge is 0.393 e. The van der Waals surface area contributed by atoms with Crippen LogP contribution in [0.4, 0.5) is 0 Å². The van der Waals surface area contributed by atoms with Gasteiger partial charge in [0, 0.05) is 18.5 Å². The molecule has 1 atom stereocenters. The molecule has 0 aromatic carbocycles. The van der Waals surface area contributed by atoms with E-state index >= 15 is 0 Å². The summed E-state index contributed by atoms with van der Waals surface area (Å²) in [6.07, 6.45) is 6.97. The summed E-state index contributed by atoms with van der Waals surface area (Å²) in [6.45, 7) is 4.86. The van der Waals surface area contributed by atoms with Gasteiger partial charge in [0.05, 0.1) is 6.10 Å². The van der Waals surface area contributed by atoms with Gasteiger partial charge in [-0.3, -0.25) is 4.79 Å². The van der Waals surface area contributed by atoms with E-state index in [1.165, 1.54) is 25.7 Å². The molecule has 17 heavy (non-hydrogen) atoms. The summed E-state index contributed by atoms with van der Waals surface area (Å²) in [7, 11) is 0. The molecular weight excluding hydrogens is 214 g/mol. The number of carbonyl (C=O) groups is 1. The number of amides is 1. The summed E-state index contributed by atoms with van der Waals surface area (Å²) in [5, 5.41) is 9.69. The first-order chi connectivity index (χ1) is 7.99. The average molecular weight is 239 g/mol. The van der Waals surface area contributed by atoms with E-state index in [2.05, 4.69) is 13.8 Å². The van der Waals surface area contributed by atoms with Gasteiger partial charge in [0.1, 0.15) is 0 Å². The van der Waals surface area contributed by atoms with Crippen molar-refractivity contribution in [2.24, 2.45) is 5.92 Å². The SMILES string of the molecule is CC1(C)CC(O)CCN1C(=O)CC1CCCC1. The first-order valence-electron chi connectivity index (χ1n) is 6.97. The number of aliphatic hydroxyl groups is 1. The summed E-state index contributed by atoms with van der Waals surface area (Å²) in [6, 6.07) is 0. The molecule has 2 rings (SSSR count). The zero-order valence-corrected chi connectivity index (χ0v) is 11.1. The van der Waals surface area contributed by atoms with Crippen LogP contribution < -0.4 is 0 Å². The van der Waals surface area contributed by atoms with Crippen LogP contribution in [0.2, 0.25) is 0 Å². The number of nitrogens with zero attached hydrogens (tertiary/aromatic N) is 1. The monoisotopic (exact) mass is 239 g/mol. The van der Waals surface area contributed by atoms with Crippen LogP contribution in [0.25, 0.3) is 0 Å². The molecule has 3 nitrogen and oxygen atoms in total. The second-order valence-electron chi connectivity index (χ2n) is 6.36. The summed E-state index contributed by atoms with van der Waals surface area (Å²) >= 11 is 0. The number of aliphatic hydroxyl groups excluding tert-OH is 1. The Hall–Kier alpha value is -0.570. The van der Waals surface area contributed by atoms with Gasteiger partial charge in [0.2, 0.25) is 5.91 Å². The molecule has 1 aliphatic carbocycles. The number of piperidine rings is 1. The highest BCUT2D eigenvalue weighted by Gasteiger charge is 2.37. The molecule has 2 aliphatic rings. The zero-order valence-electron chi connectivity index (χ0n) is 11.1. The maximum absolute atomic E-state index is 12.3. The zero-order chi connectivity index (χ0) is 12.5. The number of carbonyl (C=O) groups excluding carboxylic acids is 1. The number of hydrogen-bond acceptors (Lipinski definition) is 2. The molecule has 98 valence electrons. The molecule has 0 spiro atoms. The van der Waals surface area contributed by atoms with E-state index in [1.807, 2.05) is 4.90 Å². The fourth-order valence-corrected chi connectivity index (χ4v) is 3.40. The summed E-state index contributed by atoms with van der Waals surface area (Å²) in [5.41, 5.74) is -0.173. The Labute approximate surface area is 104 Å². The van der Waals surface area contributed by atoms with Crippen LogP contribution >= 0.6 is 0 Å². The normalized spacial score (nSPS) is 29.6. The van der Waals surface area contributed by atoms with Crippen LogP contribution in [0.15, 0.2) is 0 Å². The number of likely N-dealkylation sites (tertiary alicyclic amines) is 1. The van der Waals surface area contributed by atoms with Crippen LogP contribution in [0.3, 0.4) is 0 Å². The highest BCUT2D eigenvalue weighted by Crippen LogP contribution is 2.32. The molecule has 2 fully saturated rings. The Morgan fingerprint density at radius 2 is 1.94 bits per heavy atom. The number of rotatable bonds is 2. The Bertz CT molecular complexity index is 282. The standard InChI is InChI=1S/C14H25NO2/c1-14(2)10-12(16)7-8-15(14)13(17)9-11-5-3-4-6-11/h11-12,16H,3-10H2,1-2H3. The van der Waals surface area contributed by atoms with Crippen molar-refractivity contribution in [3.8, 4) is 0 Å². The van der Waals surface area contributed by atoms with Crippen LogP contribution in [-0.4, -0.2) is 34.1 Å². The van der Waals surface area contributed by atoms with Crippen LogP contribution in [-0.2, 0) is 4.79 Å². The van der Waals surface area contributed by atoms with Crippen molar-refractivity contribution in [2.75, 3.05) is 6.54 Å². The average Bonchev–Trinajstić information content (AvgIpc) is 2.68. The van der Waals surface area contributed by atoms with Crippen molar-refractivity contribution >= 4 is 5.91 Å². The molecule has 1 saturated carbocycles. The minimum atomic E-state index is -0.236. The molecule has 1 unspecified atom stereocenters. The minimum Gasteiger partial charge on any atom is -0.393 e. The van der Waals surface area contributed by atoms with Gasteiger partial charge in [0.15, 0.2) is 0 Å². The van der Waals surface area contributed by atoms with E-state index in [-0.39, 0.29) is 11.6 Å². The quantitative estimate of drug-likeness (QED) is 0.803. The summed E-state index contributed by atoms with van der Waals surface area (Å²) in [4.78, 5) is 14.3. The fraction of sp³-hybridized carbons (Fsp3) is 0.929. The Morgan fingerprint density at radius 1 is 1.29 bits per heavy atom. The Morgan fingerprint density at radius 3 is 2.53 bits per heavy atom. The molecule has 1 heterocycles. The first-order valence-corrected chi connectivity index (χ1v) is 6.97. The maximum atomic E-state index is 12.3. The molecule has 1 saturated heterocycles. The third-order valence-corrected chi connectivity index (χ3v) is 4.39. The lowest BCUT2D eigenvalue weighted by Gasteiger charge is -2.44. The van der Waals surface area contributed by atoms with Gasteiger partial charge in [0.25, 0.3) is 0 Å². The van der Waals surface area contributed by atoms with Gasteiger partial charge in [-0.15, -0.1) is 0 Å². The van der Waals surface area contributed by atoms with Gasteiger partial charge in [-0.05, 0) is 45.4 Å². The van der Waals surface area contributed by atoms with E-state index in [9.17, 15) is 9.90 Å². The second-order valence-corrected chi connectivity index (χ2v) is 6.36. The topological polar surface area (TPSA) is 40.5 Å². The molecule has 3 heteroatoms.